The van der Waals surface area contributed by atoms with E-state index in [0.717, 1.165) is 25.4 Å². The van der Waals surface area contributed by atoms with Crippen molar-refractivity contribution < 1.29 is 45.7 Å². The number of hydrogen-bond acceptors (Lipinski definition) is 9. The van der Waals surface area contributed by atoms with Crippen molar-refractivity contribution in [2.24, 2.45) is 0 Å². The van der Waals surface area contributed by atoms with Crippen LogP contribution in [0.3, 0.4) is 0 Å². The Balaban J connectivity index is 1.80. The van der Waals surface area contributed by atoms with Crippen LogP contribution in [0.2, 0.25) is 5.02 Å². The minimum atomic E-state index is -5.13. The van der Waals surface area contributed by atoms with Crippen LogP contribution in [0.4, 0.5) is 26.3 Å². The third-order valence-electron chi connectivity index (χ3n) is 5.25. The summed E-state index contributed by atoms with van der Waals surface area (Å²) >= 11 is 5.86. The van der Waals surface area contributed by atoms with Crippen molar-refractivity contribution in [1.29, 1.82) is 0 Å². The maximum Gasteiger partial charge on any atom is 0.573 e. The van der Waals surface area contributed by atoms with E-state index in [9.17, 15) is 41.0 Å². The Hall–Kier alpha value is -4.45. The number of esters is 1. The zero-order chi connectivity index (χ0) is 30.1. The molecular weight excluding hydrogens is 592 g/mol. The van der Waals surface area contributed by atoms with Crippen LogP contribution in [-0.2, 0) is 17.8 Å². The number of pyridine rings is 1. The van der Waals surface area contributed by atoms with E-state index in [1.54, 1.807) is 0 Å². The summed E-state index contributed by atoms with van der Waals surface area (Å²) < 4.78 is 88.4. The normalized spacial score (nSPS) is 12.8. The molecule has 0 aliphatic heterocycles. The van der Waals surface area contributed by atoms with Crippen molar-refractivity contribution in [1.82, 2.24) is 34.1 Å². The van der Waals surface area contributed by atoms with Crippen LogP contribution >= 0.6 is 11.6 Å². The number of hydrogen-bond donors (Lipinski definition) is 1. The Morgan fingerprint density at radius 2 is 1.78 bits per heavy atom. The highest BCUT2D eigenvalue weighted by Crippen LogP contribution is 2.28. The smallest absolute Gasteiger partial charge is 0.463 e. The average molecular weight is 608 g/mol. The highest BCUT2D eigenvalue weighted by Gasteiger charge is 2.39. The van der Waals surface area contributed by atoms with E-state index in [1.807, 2.05) is 0 Å². The molecule has 0 bridgehead atoms. The van der Waals surface area contributed by atoms with Gasteiger partial charge in [-0.25, -0.2) is 24.2 Å². The molecule has 0 aliphatic rings. The Morgan fingerprint density at radius 1 is 1.10 bits per heavy atom. The van der Waals surface area contributed by atoms with Crippen molar-refractivity contribution in [3.63, 3.8) is 0 Å². The Labute approximate surface area is 229 Å². The molecule has 1 atom stereocenters. The Morgan fingerprint density at radius 3 is 2.39 bits per heavy atom. The van der Waals surface area contributed by atoms with Crippen molar-refractivity contribution in [2.45, 2.75) is 31.7 Å². The number of halogens is 7. The molecule has 12 nitrogen and oxygen atoms in total. The van der Waals surface area contributed by atoms with Crippen LogP contribution < -0.4 is 10.4 Å². The summed E-state index contributed by atoms with van der Waals surface area (Å²) in [5.41, 5.74) is -0.969. The molecule has 1 aromatic carbocycles. The highest BCUT2D eigenvalue weighted by molar-refractivity contribution is 6.30. The molecule has 218 valence electrons. The predicted octanol–water partition coefficient (Wildman–Crippen LogP) is 3.00. The zero-order valence-corrected chi connectivity index (χ0v) is 21.1. The van der Waals surface area contributed by atoms with Gasteiger partial charge in [0.05, 0.1) is 13.7 Å². The maximum absolute atomic E-state index is 13.1. The van der Waals surface area contributed by atoms with Crippen molar-refractivity contribution >= 4 is 17.6 Å². The lowest BCUT2D eigenvalue weighted by Gasteiger charge is -2.15. The standard InChI is InChI=1S/C22H16ClF6N7O5/c1-40-19(38)18-31-15(32-36(18)17-13(3-2-8-30-17)41-22(27,28)29)10-35-20(39)34(9-14(37)21(24,25)26)16(33-35)11-4-6-12(23)7-5-11/h2-8,14,37H,9-10H2,1H3. The van der Waals surface area contributed by atoms with Gasteiger partial charge in [0, 0.05) is 16.8 Å². The van der Waals surface area contributed by atoms with E-state index >= 15 is 0 Å². The van der Waals surface area contributed by atoms with Crippen molar-refractivity contribution in [2.75, 3.05) is 7.11 Å². The number of benzene rings is 1. The van der Waals surface area contributed by atoms with Gasteiger partial charge in [0.15, 0.2) is 29.3 Å². The summed E-state index contributed by atoms with van der Waals surface area (Å²) in [6.45, 7) is -1.89. The van der Waals surface area contributed by atoms with Gasteiger partial charge in [0.25, 0.3) is 0 Å². The van der Waals surface area contributed by atoms with Crippen LogP contribution in [0, 0.1) is 0 Å². The monoisotopic (exact) mass is 607 g/mol. The minimum absolute atomic E-state index is 0.163. The molecule has 0 saturated carbocycles. The number of methoxy groups -OCH3 is 1. The van der Waals surface area contributed by atoms with Gasteiger partial charge in [-0.3, -0.25) is 4.57 Å². The number of alkyl halides is 6. The second kappa shape index (κ2) is 11.2. The maximum atomic E-state index is 13.1. The second-order valence-electron chi connectivity index (χ2n) is 8.07. The lowest BCUT2D eigenvalue weighted by Crippen LogP contribution is -2.37. The van der Waals surface area contributed by atoms with E-state index < -0.39 is 60.8 Å². The fraction of sp³-hybridized carbons (Fsp3) is 0.273. The fourth-order valence-corrected chi connectivity index (χ4v) is 3.60. The van der Waals surface area contributed by atoms with Crippen molar-refractivity contribution in [3.8, 4) is 23.0 Å². The van der Waals surface area contributed by atoms with Crippen LogP contribution in [-0.4, -0.2) is 70.9 Å². The van der Waals surface area contributed by atoms with E-state index in [2.05, 4.69) is 29.6 Å². The first-order valence-electron chi connectivity index (χ1n) is 11.1. The van der Waals surface area contributed by atoms with Crippen LogP contribution in [0.5, 0.6) is 5.75 Å². The van der Waals surface area contributed by atoms with E-state index in [-0.39, 0.29) is 22.2 Å². The van der Waals surface area contributed by atoms with Crippen LogP contribution in [0.25, 0.3) is 17.2 Å². The van der Waals surface area contributed by atoms with E-state index in [1.165, 1.54) is 24.3 Å². The first-order valence-corrected chi connectivity index (χ1v) is 11.5. The largest absolute Gasteiger partial charge is 0.573 e. The number of ether oxygens (including phenoxy) is 2. The summed E-state index contributed by atoms with van der Waals surface area (Å²) in [4.78, 5) is 33.1. The van der Waals surface area contributed by atoms with E-state index in [4.69, 9.17) is 11.6 Å². The summed E-state index contributed by atoms with van der Waals surface area (Å²) in [6.07, 6.45) is -12.0. The van der Waals surface area contributed by atoms with Gasteiger partial charge >= 0.3 is 24.2 Å². The highest BCUT2D eigenvalue weighted by atomic mass is 35.5. The topological polar surface area (TPSA) is 139 Å². The number of carbonyl (C=O) groups excluding carboxylic acids is 1. The number of carbonyl (C=O) groups is 1. The first-order chi connectivity index (χ1) is 19.2. The molecule has 0 amide bonds. The molecule has 0 saturated heterocycles. The Kier molecular flexibility index (Phi) is 8.07. The number of nitrogens with zero attached hydrogens (tertiary/aromatic N) is 7. The van der Waals surface area contributed by atoms with E-state index in [0.29, 0.717) is 13.9 Å². The molecule has 0 radical (unpaired) electrons. The summed E-state index contributed by atoms with van der Waals surface area (Å²) in [5.74, 6) is -3.95. The molecule has 1 unspecified atom stereocenters. The molecule has 0 spiro atoms. The molecule has 0 fully saturated rings. The number of aromatic nitrogens is 7. The van der Waals surface area contributed by atoms with Crippen LogP contribution in [0.15, 0.2) is 47.4 Å². The molecule has 3 heterocycles. The number of aliphatic hydroxyl groups excluding tert-OH is 1. The lowest BCUT2D eigenvalue weighted by molar-refractivity contribution is -0.274. The molecule has 0 aliphatic carbocycles. The third kappa shape index (κ3) is 6.65. The van der Waals surface area contributed by atoms with Gasteiger partial charge in [-0.15, -0.1) is 23.4 Å². The Bertz CT molecular complexity index is 1610. The van der Waals surface area contributed by atoms with Crippen molar-refractivity contribution in [3.05, 3.63) is 69.8 Å². The molecular formula is C22H16ClF6N7O5. The SMILES string of the molecule is COC(=O)c1nc(Cn2nc(-c3ccc(Cl)cc3)n(CC(O)C(F)(F)F)c2=O)nn1-c1ncccc1OC(F)(F)F. The molecule has 3 aromatic heterocycles. The molecule has 1 N–H and O–H groups in total. The molecule has 4 aromatic rings. The molecule has 41 heavy (non-hydrogen) atoms. The molecule has 4 rings (SSSR count). The number of aliphatic hydroxyl groups is 1. The molecule has 19 heteroatoms. The zero-order valence-electron chi connectivity index (χ0n) is 20.4. The predicted molar refractivity (Wildman–Crippen MR) is 125 cm³/mol. The fourth-order valence-electron chi connectivity index (χ4n) is 3.47. The van der Waals surface area contributed by atoms with Gasteiger partial charge < -0.3 is 14.6 Å². The summed E-state index contributed by atoms with van der Waals surface area (Å²) in [7, 11) is 0.961. The lowest BCUT2D eigenvalue weighted by atomic mass is 10.2. The number of rotatable bonds is 8. The minimum Gasteiger partial charge on any atom is -0.463 e. The first kappa shape index (κ1) is 29.5. The summed E-state index contributed by atoms with van der Waals surface area (Å²) in [6, 6.07) is 7.55. The summed E-state index contributed by atoms with van der Waals surface area (Å²) in [5, 5.41) is 17.9. The van der Waals surface area contributed by atoms with Gasteiger partial charge in [0.2, 0.25) is 5.82 Å². The van der Waals surface area contributed by atoms with Crippen LogP contribution in [0.1, 0.15) is 16.4 Å². The average Bonchev–Trinajstić information content (AvgIpc) is 3.44. The van der Waals surface area contributed by atoms with Gasteiger partial charge in [-0.2, -0.15) is 17.9 Å². The van der Waals surface area contributed by atoms with Gasteiger partial charge in [-0.1, -0.05) is 11.6 Å². The third-order valence-corrected chi connectivity index (χ3v) is 5.50. The second-order valence-corrected chi connectivity index (χ2v) is 8.50. The quantitative estimate of drug-likeness (QED) is 0.237. The van der Waals surface area contributed by atoms with Gasteiger partial charge in [0.1, 0.15) is 6.54 Å². The van der Waals surface area contributed by atoms with Gasteiger partial charge in [-0.05, 0) is 36.4 Å².